The van der Waals surface area contributed by atoms with Crippen LogP contribution in [-0.4, -0.2) is 66.1 Å². The Kier molecular flexibility index (Phi) is 4.91. The fraction of sp³-hybridized carbons (Fsp3) is 0.650. The van der Waals surface area contributed by atoms with E-state index < -0.39 is 22.7 Å². The molecule has 1 saturated carbocycles. The number of rotatable bonds is 4. The van der Waals surface area contributed by atoms with E-state index in [1.807, 2.05) is 0 Å². The number of hydrogen-bond donors (Lipinski definition) is 1. The lowest BCUT2D eigenvalue weighted by atomic mass is 9.81. The maximum Gasteiger partial charge on any atom is 0.313 e. The van der Waals surface area contributed by atoms with E-state index in [2.05, 4.69) is 4.90 Å². The number of carboxylic acids is 1. The van der Waals surface area contributed by atoms with Crippen molar-refractivity contribution in [3.8, 4) is 5.75 Å². The zero-order valence-electron chi connectivity index (χ0n) is 16.1. The van der Waals surface area contributed by atoms with Crippen LogP contribution in [0.25, 0.3) is 0 Å². The number of hydrogen-bond acceptors (Lipinski definition) is 6. The second-order valence-electron chi connectivity index (χ2n) is 8.24. The monoisotopic (exact) mass is 390 g/mol. The maximum atomic E-state index is 12.8. The van der Waals surface area contributed by atoms with Gasteiger partial charge in [0.2, 0.25) is 11.2 Å². The number of carbonyl (C=O) groups excluding carboxylic acids is 1. The number of ether oxygens (including phenoxy) is 1. The predicted molar refractivity (Wildman–Crippen MR) is 99.4 cm³/mol. The zero-order chi connectivity index (χ0) is 19.9. The number of carboxylic acid groups (broad SMARTS) is 1. The van der Waals surface area contributed by atoms with Crippen molar-refractivity contribution in [2.24, 2.45) is 11.3 Å². The molecule has 4 rings (SSSR count). The summed E-state index contributed by atoms with van der Waals surface area (Å²) in [6.45, 7) is 1.69. The van der Waals surface area contributed by atoms with E-state index >= 15 is 0 Å². The van der Waals surface area contributed by atoms with Crippen molar-refractivity contribution in [2.75, 3.05) is 33.3 Å². The Morgan fingerprint density at radius 1 is 1.21 bits per heavy atom. The highest BCUT2D eigenvalue weighted by molar-refractivity contribution is 5.92. The van der Waals surface area contributed by atoms with Crippen LogP contribution < -0.4 is 10.2 Å². The van der Waals surface area contributed by atoms with Crippen molar-refractivity contribution < 1.29 is 23.8 Å². The lowest BCUT2D eigenvalue weighted by Gasteiger charge is -2.33. The molecule has 8 heteroatoms. The second kappa shape index (κ2) is 7.24. The van der Waals surface area contributed by atoms with Gasteiger partial charge in [-0.15, -0.1) is 0 Å². The Balaban J connectivity index is 1.51. The molecule has 3 aliphatic rings. The molecule has 2 atom stereocenters. The summed E-state index contributed by atoms with van der Waals surface area (Å²) < 4.78 is 10.1. The molecule has 1 amide bonds. The van der Waals surface area contributed by atoms with Crippen LogP contribution >= 0.6 is 0 Å². The van der Waals surface area contributed by atoms with Crippen LogP contribution in [0.4, 0.5) is 0 Å². The SMILES string of the molecule is COc1coc(C(=O)N2C[C@H]3CN(C4CCCCC4)C[C@@]3(C(=O)O)C2)cc1=O. The summed E-state index contributed by atoms with van der Waals surface area (Å²) in [6, 6.07) is 1.57. The zero-order valence-corrected chi connectivity index (χ0v) is 16.1. The number of methoxy groups -OCH3 is 1. The molecule has 1 aromatic rings. The number of carbonyl (C=O) groups is 2. The molecular weight excluding hydrogens is 364 g/mol. The number of fused-ring (bicyclic) bond motifs is 1. The average molecular weight is 390 g/mol. The highest BCUT2D eigenvalue weighted by Gasteiger charge is 2.59. The molecule has 0 aromatic carbocycles. The molecule has 28 heavy (non-hydrogen) atoms. The third kappa shape index (κ3) is 3.09. The van der Waals surface area contributed by atoms with E-state index in [-0.39, 0.29) is 24.0 Å². The Morgan fingerprint density at radius 3 is 2.57 bits per heavy atom. The summed E-state index contributed by atoms with van der Waals surface area (Å²) in [5.74, 6) is -1.46. The summed E-state index contributed by atoms with van der Waals surface area (Å²) in [6.07, 6.45) is 7.03. The Morgan fingerprint density at radius 2 is 1.96 bits per heavy atom. The van der Waals surface area contributed by atoms with Crippen LogP contribution in [0.1, 0.15) is 42.7 Å². The summed E-state index contributed by atoms with van der Waals surface area (Å²) in [5.41, 5.74) is -1.38. The molecule has 3 heterocycles. The molecule has 8 nitrogen and oxygen atoms in total. The van der Waals surface area contributed by atoms with E-state index in [1.165, 1.54) is 31.3 Å². The first-order valence-corrected chi connectivity index (χ1v) is 9.88. The van der Waals surface area contributed by atoms with Gasteiger partial charge < -0.3 is 19.2 Å². The van der Waals surface area contributed by atoms with Gasteiger partial charge in [0, 0.05) is 44.2 Å². The second-order valence-corrected chi connectivity index (χ2v) is 8.24. The molecule has 3 fully saturated rings. The summed E-state index contributed by atoms with van der Waals surface area (Å²) in [4.78, 5) is 40.8. The fourth-order valence-electron chi connectivity index (χ4n) is 5.10. The number of nitrogens with zero attached hydrogens (tertiary/aromatic N) is 2. The minimum atomic E-state index is -0.945. The van der Waals surface area contributed by atoms with Gasteiger partial charge in [-0.05, 0) is 12.8 Å². The standard InChI is InChI=1S/C20H26N2O6/c1-27-17-10-28-16(7-15(17)23)18(24)22-9-13-8-21(14-5-3-2-4-6-14)11-20(13,12-22)19(25)26/h7,10,13-14H,2-6,8-9,11-12H2,1H3,(H,25,26)/t13-,20-/m1/s1. The lowest BCUT2D eigenvalue weighted by Crippen LogP contribution is -2.44. The molecule has 1 N–H and O–H groups in total. The van der Waals surface area contributed by atoms with Gasteiger partial charge in [-0.1, -0.05) is 19.3 Å². The van der Waals surface area contributed by atoms with Gasteiger partial charge in [-0.25, -0.2) is 0 Å². The van der Waals surface area contributed by atoms with Crippen LogP contribution in [0.2, 0.25) is 0 Å². The van der Waals surface area contributed by atoms with Gasteiger partial charge in [0.05, 0.1) is 7.11 Å². The quantitative estimate of drug-likeness (QED) is 0.830. The molecular formula is C20H26N2O6. The van der Waals surface area contributed by atoms with Crippen LogP contribution in [0, 0.1) is 11.3 Å². The fourth-order valence-corrected chi connectivity index (χ4v) is 5.10. The lowest BCUT2D eigenvalue weighted by molar-refractivity contribution is -0.148. The first-order valence-electron chi connectivity index (χ1n) is 9.88. The van der Waals surface area contributed by atoms with Crippen molar-refractivity contribution >= 4 is 11.9 Å². The van der Waals surface area contributed by atoms with Gasteiger partial charge in [0.25, 0.3) is 5.91 Å². The number of amides is 1. The number of aliphatic carboxylic acids is 1. The van der Waals surface area contributed by atoms with E-state index in [0.29, 0.717) is 25.7 Å². The third-order valence-electron chi connectivity index (χ3n) is 6.67. The van der Waals surface area contributed by atoms with Crippen LogP contribution in [0.15, 0.2) is 21.5 Å². The van der Waals surface area contributed by atoms with Crippen molar-refractivity contribution in [3.63, 3.8) is 0 Å². The molecule has 1 aliphatic carbocycles. The van der Waals surface area contributed by atoms with E-state index in [1.54, 1.807) is 0 Å². The van der Waals surface area contributed by atoms with Crippen molar-refractivity contribution in [3.05, 3.63) is 28.3 Å². The van der Waals surface area contributed by atoms with Gasteiger partial charge in [0.15, 0.2) is 5.76 Å². The molecule has 0 radical (unpaired) electrons. The normalized spacial score (nSPS) is 28.3. The largest absolute Gasteiger partial charge is 0.490 e. The van der Waals surface area contributed by atoms with Crippen LogP contribution in [0.3, 0.4) is 0 Å². The van der Waals surface area contributed by atoms with Crippen molar-refractivity contribution in [2.45, 2.75) is 38.1 Å². The summed E-state index contributed by atoms with van der Waals surface area (Å²) >= 11 is 0. The molecule has 0 bridgehead atoms. The minimum Gasteiger partial charge on any atom is -0.490 e. The molecule has 0 unspecified atom stereocenters. The van der Waals surface area contributed by atoms with E-state index in [0.717, 1.165) is 25.2 Å². The van der Waals surface area contributed by atoms with Gasteiger partial charge in [-0.3, -0.25) is 19.3 Å². The van der Waals surface area contributed by atoms with E-state index in [9.17, 15) is 19.5 Å². The highest BCUT2D eigenvalue weighted by atomic mass is 16.5. The predicted octanol–water partition coefficient (Wildman–Crippen LogP) is 1.44. The topological polar surface area (TPSA) is 100 Å². The highest BCUT2D eigenvalue weighted by Crippen LogP contribution is 2.45. The van der Waals surface area contributed by atoms with Gasteiger partial charge in [0.1, 0.15) is 11.7 Å². The Labute approximate surface area is 163 Å². The van der Waals surface area contributed by atoms with E-state index in [4.69, 9.17) is 9.15 Å². The summed E-state index contributed by atoms with van der Waals surface area (Å²) in [5, 5.41) is 10.0. The van der Waals surface area contributed by atoms with Crippen LogP contribution in [-0.2, 0) is 4.79 Å². The Hall–Kier alpha value is -2.35. The first-order chi connectivity index (χ1) is 13.4. The molecule has 2 saturated heterocycles. The van der Waals surface area contributed by atoms with Crippen molar-refractivity contribution in [1.29, 1.82) is 0 Å². The first kappa shape index (κ1) is 19.0. The molecule has 2 aliphatic heterocycles. The van der Waals surface area contributed by atoms with Gasteiger partial charge in [-0.2, -0.15) is 0 Å². The molecule has 0 spiro atoms. The average Bonchev–Trinajstić information content (AvgIpc) is 3.24. The maximum absolute atomic E-state index is 12.8. The Bertz CT molecular complexity index is 830. The molecule has 1 aromatic heterocycles. The van der Waals surface area contributed by atoms with Gasteiger partial charge >= 0.3 is 5.97 Å². The summed E-state index contributed by atoms with van der Waals surface area (Å²) in [7, 11) is 1.35. The third-order valence-corrected chi connectivity index (χ3v) is 6.67. The van der Waals surface area contributed by atoms with Crippen LogP contribution in [0.5, 0.6) is 5.75 Å². The smallest absolute Gasteiger partial charge is 0.313 e. The molecule has 152 valence electrons. The number of likely N-dealkylation sites (tertiary alicyclic amines) is 2. The minimum absolute atomic E-state index is 0.0278. The van der Waals surface area contributed by atoms with Crippen molar-refractivity contribution in [1.82, 2.24) is 9.80 Å².